The Hall–Kier alpha value is -2.40. The van der Waals surface area contributed by atoms with Gasteiger partial charge in [-0.1, -0.05) is 18.2 Å². The van der Waals surface area contributed by atoms with Gasteiger partial charge >= 0.3 is 0 Å². The maximum atomic E-state index is 12.7. The highest BCUT2D eigenvalue weighted by atomic mass is 16.3. The normalized spacial score (nSPS) is 12.0. The van der Waals surface area contributed by atoms with Gasteiger partial charge in [0.25, 0.3) is 5.56 Å². The summed E-state index contributed by atoms with van der Waals surface area (Å²) in [6, 6.07) is 9.69. The zero-order valence-electron chi connectivity index (χ0n) is 13.7. The zero-order valence-corrected chi connectivity index (χ0v) is 13.7. The fourth-order valence-electron chi connectivity index (χ4n) is 2.71. The van der Waals surface area contributed by atoms with Crippen molar-refractivity contribution in [1.29, 1.82) is 0 Å². The summed E-state index contributed by atoms with van der Waals surface area (Å²) in [6.07, 6.45) is 4.12. The van der Waals surface area contributed by atoms with E-state index in [1.165, 1.54) is 0 Å². The van der Waals surface area contributed by atoms with Crippen molar-refractivity contribution in [3.8, 4) is 11.4 Å². The lowest BCUT2D eigenvalue weighted by molar-refractivity contribution is 0.0663. The molecule has 5 heteroatoms. The van der Waals surface area contributed by atoms with Crippen LogP contribution in [-0.2, 0) is 13.6 Å². The average molecular weight is 311 g/mol. The lowest BCUT2D eigenvalue weighted by Gasteiger charge is -2.18. The standard InChI is InChI=1S/C18H21N3O2/c1-18(2,23)8-10-21-11-9-19-16(21)14-12-13-6-4-5-7-15(13)20(3)17(14)22/h4-7,9,11-12,23H,8,10H2,1-3H3. The SMILES string of the molecule is Cn1c(=O)c(-c2nccn2CCC(C)(C)O)cc2ccccc21. The average Bonchev–Trinajstić information content (AvgIpc) is 2.96. The number of pyridine rings is 1. The van der Waals surface area contributed by atoms with E-state index in [4.69, 9.17) is 0 Å². The summed E-state index contributed by atoms with van der Waals surface area (Å²) in [6.45, 7) is 4.16. The number of aromatic nitrogens is 3. The van der Waals surface area contributed by atoms with Gasteiger partial charge in [-0.2, -0.15) is 0 Å². The fourth-order valence-corrected chi connectivity index (χ4v) is 2.71. The van der Waals surface area contributed by atoms with Crippen molar-refractivity contribution in [1.82, 2.24) is 14.1 Å². The molecule has 0 saturated carbocycles. The molecule has 0 aliphatic heterocycles. The van der Waals surface area contributed by atoms with Crippen LogP contribution >= 0.6 is 0 Å². The van der Waals surface area contributed by atoms with Gasteiger partial charge in [-0.15, -0.1) is 0 Å². The van der Waals surface area contributed by atoms with E-state index in [2.05, 4.69) is 4.98 Å². The first-order valence-electron chi connectivity index (χ1n) is 7.69. The van der Waals surface area contributed by atoms with Crippen molar-refractivity contribution < 1.29 is 5.11 Å². The van der Waals surface area contributed by atoms with Crippen LogP contribution in [0.1, 0.15) is 20.3 Å². The van der Waals surface area contributed by atoms with Gasteiger partial charge in [-0.3, -0.25) is 4.79 Å². The number of imidazole rings is 1. The van der Waals surface area contributed by atoms with Gasteiger partial charge < -0.3 is 14.2 Å². The lowest BCUT2D eigenvalue weighted by atomic mass is 10.1. The Morgan fingerprint density at radius 2 is 2.00 bits per heavy atom. The van der Waals surface area contributed by atoms with Crippen LogP contribution in [0.4, 0.5) is 0 Å². The molecule has 0 bridgehead atoms. The highest BCUT2D eigenvalue weighted by molar-refractivity contribution is 5.83. The van der Waals surface area contributed by atoms with Crippen LogP contribution in [0.2, 0.25) is 0 Å². The van der Waals surface area contributed by atoms with Gasteiger partial charge in [-0.05, 0) is 37.8 Å². The molecular formula is C18H21N3O2. The van der Waals surface area contributed by atoms with Crippen LogP contribution in [0.5, 0.6) is 0 Å². The molecule has 0 unspecified atom stereocenters. The van der Waals surface area contributed by atoms with Crippen LogP contribution in [-0.4, -0.2) is 24.8 Å². The summed E-state index contributed by atoms with van der Waals surface area (Å²) in [5.41, 5.74) is 0.651. The van der Waals surface area contributed by atoms with Crippen molar-refractivity contribution in [2.75, 3.05) is 0 Å². The predicted octanol–water partition coefficient (Wildman–Crippen LogP) is 2.56. The topological polar surface area (TPSA) is 60.0 Å². The van der Waals surface area contributed by atoms with Gasteiger partial charge in [0.1, 0.15) is 5.82 Å². The fraction of sp³-hybridized carbons (Fsp3) is 0.333. The van der Waals surface area contributed by atoms with E-state index < -0.39 is 5.60 Å². The lowest BCUT2D eigenvalue weighted by Crippen LogP contribution is -2.23. The van der Waals surface area contributed by atoms with Crippen molar-refractivity contribution in [3.63, 3.8) is 0 Å². The van der Waals surface area contributed by atoms with Crippen LogP contribution in [0.25, 0.3) is 22.3 Å². The molecule has 0 saturated heterocycles. The maximum absolute atomic E-state index is 12.7. The van der Waals surface area contributed by atoms with Crippen molar-refractivity contribution in [2.24, 2.45) is 7.05 Å². The molecule has 0 aliphatic carbocycles. The molecule has 0 spiro atoms. The number of benzene rings is 1. The Labute approximate surface area is 134 Å². The first-order chi connectivity index (χ1) is 10.9. The second kappa shape index (κ2) is 5.66. The molecule has 1 N–H and O–H groups in total. The first kappa shape index (κ1) is 15.5. The number of hydrogen-bond acceptors (Lipinski definition) is 3. The maximum Gasteiger partial charge on any atom is 0.261 e. The van der Waals surface area contributed by atoms with Gasteiger partial charge in [0, 0.05) is 26.0 Å². The van der Waals surface area contributed by atoms with Gasteiger partial charge in [0.15, 0.2) is 0 Å². The van der Waals surface area contributed by atoms with E-state index in [-0.39, 0.29) is 5.56 Å². The van der Waals surface area contributed by atoms with Crippen molar-refractivity contribution >= 4 is 10.9 Å². The summed E-state index contributed by atoms with van der Waals surface area (Å²) < 4.78 is 3.57. The van der Waals surface area contributed by atoms with E-state index in [0.29, 0.717) is 24.4 Å². The summed E-state index contributed by atoms with van der Waals surface area (Å²) in [5, 5.41) is 10.9. The van der Waals surface area contributed by atoms with E-state index in [1.54, 1.807) is 31.7 Å². The molecule has 0 radical (unpaired) electrons. The minimum absolute atomic E-state index is 0.0700. The molecular weight excluding hydrogens is 290 g/mol. The Balaban J connectivity index is 2.10. The Bertz CT molecular complexity index is 901. The molecule has 0 amide bonds. The molecule has 1 aromatic carbocycles. The molecule has 5 nitrogen and oxygen atoms in total. The quantitative estimate of drug-likeness (QED) is 0.805. The zero-order chi connectivity index (χ0) is 16.6. The summed E-state index contributed by atoms with van der Waals surface area (Å²) in [5.74, 6) is 0.639. The predicted molar refractivity (Wildman–Crippen MR) is 91.3 cm³/mol. The molecule has 0 fully saturated rings. The van der Waals surface area contributed by atoms with Gasteiger partial charge in [0.2, 0.25) is 0 Å². The van der Waals surface area contributed by atoms with Gasteiger partial charge in [-0.25, -0.2) is 4.98 Å². The second-order valence-electron chi connectivity index (χ2n) is 6.49. The number of rotatable bonds is 4. The van der Waals surface area contributed by atoms with E-state index in [1.807, 2.05) is 41.1 Å². The summed E-state index contributed by atoms with van der Waals surface area (Å²) in [4.78, 5) is 17.1. The van der Waals surface area contributed by atoms with E-state index >= 15 is 0 Å². The summed E-state index contributed by atoms with van der Waals surface area (Å²) >= 11 is 0. The van der Waals surface area contributed by atoms with E-state index in [9.17, 15) is 9.90 Å². The highest BCUT2D eigenvalue weighted by Crippen LogP contribution is 2.20. The monoisotopic (exact) mass is 311 g/mol. The third kappa shape index (κ3) is 3.05. The number of para-hydroxylation sites is 1. The molecule has 0 atom stereocenters. The third-order valence-corrected chi connectivity index (χ3v) is 4.05. The molecule has 120 valence electrons. The molecule has 2 heterocycles. The van der Waals surface area contributed by atoms with Crippen molar-refractivity contribution in [2.45, 2.75) is 32.4 Å². The van der Waals surface area contributed by atoms with Crippen LogP contribution < -0.4 is 5.56 Å². The van der Waals surface area contributed by atoms with Crippen LogP contribution in [0, 0.1) is 0 Å². The van der Waals surface area contributed by atoms with Gasteiger partial charge in [0.05, 0.1) is 16.7 Å². The smallest absolute Gasteiger partial charge is 0.261 e. The number of hydrogen-bond donors (Lipinski definition) is 1. The second-order valence-corrected chi connectivity index (χ2v) is 6.49. The van der Waals surface area contributed by atoms with Crippen LogP contribution in [0.15, 0.2) is 47.5 Å². The first-order valence-corrected chi connectivity index (χ1v) is 7.69. The number of aryl methyl sites for hydroxylation is 2. The van der Waals surface area contributed by atoms with E-state index in [0.717, 1.165) is 10.9 Å². The Morgan fingerprint density at radius 3 is 2.74 bits per heavy atom. The number of fused-ring (bicyclic) bond motifs is 1. The highest BCUT2D eigenvalue weighted by Gasteiger charge is 2.16. The minimum Gasteiger partial charge on any atom is -0.390 e. The molecule has 0 aliphatic rings. The minimum atomic E-state index is -0.754. The largest absolute Gasteiger partial charge is 0.390 e. The third-order valence-electron chi connectivity index (χ3n) is 4.05. The Morgan fingerprint density at radius 1 is 1.26 bits per heavy atom. The molecule has 2 aromatic heterocycles. The summed E-state index contributed by atoms with van der Waals surface area (Å²) in [7, 11) is 1.78. The molecule has 3 aromatic rings. The van der Waals surface area contributed by atoms with Crippen molar-refractivity contribution in [3.05, 3.63) is 53.1 Å². The number of aliphatic hydroxyl groups is 1. The Kier molecular flexibility index (Phi) is 3.82. The number of nitrogens with zero attached hydrogens (tertiary/aromatic N) is 3. The molecule has 23 heavy (non-hydrogen) atoms. The van der Waals surface area contributed by atoms with Crippen LogP contribution in [0.3, 0.4) is 0 Å². The molecule has 3 rings (SSSR count).